The smallest absolute Gasteiger partial charge is 0.407 e. The molecule has 0 aliphatic heterocycles. The number of hydrogen-bond acceptors (Lipinski definition) is 6. The average molecular weight is 593 g/mol. The molecule has 0 saturated heterocycles. The molecule has 1 aliphatic carbocycles. The highest BCUT2D eigenvalue weighted by atomic mass is 32.2. The molecule has 1 saturated carbocycles. The van der Waals surface area contributed by atoms with Gasteiger partial charge in [0.2, 0.25) is 0 Å². The van der Waals surface area contributed by atoms with Gasteiger partial charge in [-0.3, -0.25) is 9.36 Å². The number of aromatic nitrogens is 1. The van der Waals surface area contributed by atoms with Gasteiger partial charge < -0.3 is 24.5 Å². The van der Waals surface area contributed by atoms with E-state index in [0.29, 0.717) is 17.8 Å². The van der Waals surface area contributed by atoms with Crippen LogP contribution in [0.1, 0.15) is 46.5 Å². The van der Waals surface area contributed by atoms with Crippen LogP contribution in [0.25, 0.3) is 33.1 Å². The Bertz CT molecular complexity index is 1560. The molecule has 5 rings (SSSR count). The lowest BCUT2D eigenvalue weighted by Crippen LogP contribution is -2.42. The van der Waals surface area contributed by atoms with Crippen LogP contribution in [0, 0.1) is 0 Å². The fraction of sp³-hybridized carbons (Fsp3) is 0.455. The number of furan rings is 1. The third-order valence-corrected chi connectivity index (χ3v) is 8.45. The fourth-order valence-electron chi connectivity index (χ4n) is 5.37. The van der Waals surface area contributed by atoms with Crippen molar-refractivity contribution in [1.82, 2.24) is 9.88 Å². The lowest BCUT2D eigenvalue weighted by Gasteiger charge is -2.31. The Balaban J connectivity index is 1.37. The van der Waals surface area contributed by atoms with Gasteiger partial charge >= 0.3 is 6.09 Å². The number of pyridine rings is 1. The van der Waals surface area contributed by atoms with Crippen LogP contribution in [0.2, 0.25) is 0 Å². The van der Waals surface area contributed by atoms with Gasteiger partial charge in [0.25, 0.3) is 5.56 Å². The van der Waals surface area contributed by atoms with Crippen molar-refractivity contribution >= 4 is 44.4 Å². The molecule has 9 heteroatoms. The number of carbonyl (C=O) groups excluding carboxylic acids is 1. The predicted molar refractivity (Wildman–Crippen MR) is 172 cm³/mol. The van der Waals surface area contributed by atoms with E-state index in [1.165, 1.54) is 0 Å². The van der Waals surface area contributed by atoms with Gasteiger partial charge in [0, 0.05) is 45.7 Å². The molecule has 8 nitrogen and oxygen atoms in total. The van der Waals surface area contributed by atoms with E-state index < -0.39 is 5.60 Å². The van der Waals surface area contributed by atoms with Gasteiger partial charge in [-0.05, 0) is 87.7 Å². The SMILES string of the molecule is C[S+](C)CCOCn1cc(-c2cc3ccccc3o2)c2cc(NC3CCC(NC(=O)OC(C)(C)C)CC3)ccc2c1=O. The van der Waals surface area contributed by atoms with Crippen molar-refractivity contribution in [2.45, 2.75) is 70.9 Å². The van der Waals surface area contributed by atoms with Gasteiger partial charge in [0.1, 0.15) is 29.4 Å². The van der Waals surface area contributed by atoms with Gasteiger partial charge in [-0.2, -0.15) is 0 Å². The summed E-state index contributed by atoms with van der Waals surface area (Å²) >= 11 is 0. The number of para-hydroxylation sites is 1. The number of nitrogens with one attached hydrogen (secondary N) is 2. The number of fused-ring (bicyclic) bond motifs is 2. The molecule has 4 aromatic rings. The monoisotopic (exact) mass is 592 g/mol. The van der Waals surface area contributed by atoms with Crippen molar-refractivity contribution < 1.29 is 18.7 Å². The normalized spacial score (nSPS) is 17.6. The van der Waals surface area contributed by atoms with Crippen molar-refractivity contribution in [1.29, 1.82) is 0 Å². The highest BCUT2D eigenvalue weighted by Gasteiger charge is 2.25. The van der Waals surface area contributed by atoms with Gasteiger partial charge in [0.15, 0.2) is 0 Å². The maximum Gasteiger partial charge on any atom is 0.407 e. The first kappa shape index (κ1) is 30.0. The Kier molecular flexibility index (Phi) is 9.18. The van der Waals surface area contributed by atoms with Crippen LogP contribution in [0.5, 0.6) is 0 Å². The highest BCUT2D eigenvalue weighted by molar-refractivity contribution is 7.95. The highest BCUT2D eigenvalue weighted by Crippen LogP contribution is 2.34. The van der Waals surface area contributed by atoms with Crippen molar-refractivity contribution in [3.8, 4) is 11.3 Å². The van der Waals surface area contributed by atoms with Crippen LogP contribution < -0.4 is 16.2 Å². The summed E-state index contributed by atoms with van der Waals surface area (Å²) in [5.74, 6) is 1.68. The third-order valence-electron chi connectivity index (χ3n) is 7.46. The minimum Gasteiger partial charge on any atom is -0.456 e. The summed E-state index contributed by atoms with van der Waals surface area (Å²) < 4.78 is 19.2. The minimum absolute atomic E-state index is 0.0860. The molecule has 2 aromatic heterocycles. The molecule has 0 bridgehead atoms. The lowest BCUT2D eigenvalue weighted by atomic mass is 9.91. The van der Waals surface area contributed by atoms with Crippen LogP contribution in [-0.2, 0) is 27.1 Å². The van der Waals surface area contributed by atoms with Gasteiger partial charge in [-0.1, -0.05) is 18.2 Å². The van der Waals surface area contributed by atoms with E-state index in [1.54, 1.807) is 4.57 Å². The van der Waals surface area contributed by atoms with E-state index in [9.17, 15) is 9.59 Å². The summed E-state index contributed by atoms with van der Waals surface area (Å²) in [4.78, 5) is 25.7. The molecular formula is C33H42N3O5S+. The Morgan fingerprint density at radius 3 is 2.48 bits per heavy atom. The topological polar surface area (TPSA) is 94.7 Å². The zero-order valence-corrected chi connectivity index (χ0v) is 26.0. The van der Waals surface area contributed by atoms with E-state index >= 15 is 0 Å². The predicted octanol–water partition coefficient (Wildman–Crippen LogP) is 6.51. The third kappa shape index (κ3) is 7.50. The second-order valence-corrected chi connectivity index (χ2v) is 14.7. The Morgan fingerprint density at radius 2 is 1.76 bits per heavy atom. The van der Waals surface area contributed by atoms with Crippen molar-refractivity contribution in [2.75, 3.05) is 30.2 Å². The summed E-state index contributed by atoms with van der Waals surface area (Å²) in [5, 5.41) is 9.15. The molecule has 2 N–H and O–H groups in total. The quantitative estimate of drug-likeness (QED) is 0.170. The molecule has 0 spiro atoms. The number of rotatable bonds is 9. The average Bonchev–Trinajstić information content (AvgIpc) is 3.36. The number of benzene rings is 2. The molecule has 224 valence electrons. The molecular weight excluding hydrogens is 550 g/mol. The molecule has 2 heterocycles. The number of ether oxygens (including phenoxy) is 2. The molecule has 0 atom stereocenters. The Labute approximate surface area is 250 Å². The number of amides is 1. The van der Waals surface area contributed by atoms with E-state index in [-0.39, 0.29) is 41.4 Å². The molecule has 1 fully saturated rings. The second kappa shape index (κ2) is 12.8. The van der Waals surface area contributed by atoms with Crippen LogP contribution in [0.3, 0.4) is 0 Å². The molecule has 2 aromatic carbocycles. The summed E-state index contributed by atoms with van der Waals surface area (Å²) in [7, 11) is 0.282. The standard InChI is InChI=1S/C33H41N3O5S/c1-33(2,3)41-32(38)35-24-12-10-23(11-13-24)34-25-14-15-26-27(19-25)28(30-18-22-8-6-7-9-29(22)40-30)20-36(31(26)37)21-39-16-17-42(4)5/h6-9,14-15,18-20,23-24H,10-13,16-17,21H2,1-5H3,(H-,34,35,37,38)/p+1. The Morgan fingerprint density at radius 1 is 1.02 bits per heavy atom. The molecule has 1 aliphatic rings. The summed E-state index contributed by atoms with van der Waals surface area (Å²) in [6.07, 6.45) is 9.45. The van der Waals surface area contributed by atoms with Crippen LogP contribution in [0.4, 0.5) is 10.5 Å². The first-order valence-corrected chi connectivity index (χ1v) is 16.8. The van der Waals surface area contributed by atoms with E-state index in [1.807, 2.05) is 69.4 Å². The fourth-order valence-corrected chi connectivity index (χ4v) is 5.82. The van der Waals surface area contributed by atoms with E-state index in [4.69, 9.17) is 13.9 Å². The number of alkyl carbamates (subject to hydrolysis) is 1. The minimum atomic E-state index is -0.509. The van der Waals surface area contributed by atoms with Crippen LogP contribution >= 0.6 is 0 Å². The number of anilines is 1. The number of nitrogens with zero attached hydrogens (tertiary/aromatic N) is 1. The molecule has 0 unspecified atom stereocenters. The van der Waals surface area contributed by atoms with Crippen molar-refractivity contribution in [2.24, 2.45) is 0 Å². The lowest BCUT2D eigenvalue weighted by molar-refractivity contribution is 0.0492. The van der Waals surface area contributed by atoms with Crippen molar-refractivity contribution in [3.63, 3.8) is 0 Å². The first-order valence-electron chi connectivity index (χ1n) is 14.6. The van der Waals surface area contributed by atoms with E-state index in [2.05, 4.69) is 29.2 Å². The number of hydrogen-bond donors (Lipinski definition) is 2. The summed E-state index contributed by atoms with van der Waals surface area (Å²) in [5.41, 5.74) is 2.01. The van der Waals surface area contributed by atoms with Gasteiger partial charge in [0.05, 0.1) is 19.1 Å². The zero-order chi connectivity index (χ0) is 29.9. The first-order chi connectivity index (χ1) is 20.1. The largest absolute Gasteiger partial charge is 0.456 e. The second-order valence-electron chi connectivity index (χ2n) is 12.3. The van der Waals surface area contributed by atoms with Crippen molar-refractivity contribution in [3.05, 3.63) is 65.1 Å². The summed E-state index contributed by atoms with van der Waals surface area (Å²) in [6.45, 7) is 6.41. The number of carbonyl (C=O) groups is 1. The molecule has 0 radical (unpaired) electrons. The maximum absolute atomic E-state index is 13.5. The van der Waals surface area contributed by atoms with Crippen LogP contribution in [0.15, 0.2) is 63.9 Å². The van der Waals surface area contributed by atoms with Gasteiger partial charge in [-0.15, -0.1) is 0 Å². The molecule has 42 heavy (non-hydrogen) atoms. The zero-order valence-electron chi connectivity index (χ0n) is 25.2. The van der Waals surface area contributed by atoms with Gasteiger partial charge in [-0.25, -0.2) is 4.79 Å². The molecule has 1 amide bonds. The Hall–Kier alpha value is -3.43. The van der Waals surface area contributed by atoms with Crippen LogP contribution in [-0.4, -0.2) is 53.2 Å². The summed E-state index contributed by atoms with van der Waals surface area (Å²) in [6, 6.07) is 16.2. The van der Waals surface area contributed by atoms with E-state index in [0.717, 1.165) is 59.0 Å². The maximum atomic E-state index is 13.5.